The molecule has 0 saturated carbocycles. The maximum atomic E-state index is 8.33. The van der Waals surface area contributed by atoms with Gasteiger partial charge in [-0.15, -0.1) is 0 Å². The van der Waals surface area contributed by atoms with Crippen molar-refractivity contribution in [2.75, 3.05) is 6.54 Å². The largest absolute Gasteiger partial charge is 0.354 e. The second kappa shape index (κ2) is 7.10. The fourth-order valence-corrected chi connectivity index (χ4v) is 1.86. The van der Waals surface area contributed by atoms with Crippen molar-refractivity contribution in [2.24, 2.45) is 0 Å². The minimum absolute atomic E-state index is 0.439. The minimum Gasteiger partial charge on any atom is -0.354 e. The minimum atomic E-state index is 0.439. The van der Waals surface area contributed by atoms with Crippen LogP contribution in [0, 0.1) is 5.41 Å². The summed E-state index contributed by atoms with van der Waals surface area (Å²) >= 11 is 0. The van der Waals surface area contributed by atoms with Gasteiger partial charge in [0.25, 0.3) is 0 Å². The molecule has 0 aliphatic rings. The fourth-order valence-electron chi connectivity index (χ4n) is 1.86. The summed E-state index contributed by atoms with van der Waals surface area (Å²) in [7, 11) is 0. The van der Waals surface area contributed by atoms with Gasteiger partial charge in [0.15, 0.2) is 0 Å². The summed E-state index contributed by atoms with van der Waals surface area (Å²) in [5, 5.41) is 8.33. The molecule has 0 amide bonds. The van der Waals surface area contributed by atoms with Crippen LogP contribution in [0.5, 0.6) is 0 Å². The molecule has 1 rings (SSSR count). The van der Waals surface area contributed by atoms with Gasteiger partial charge in [0.1, 0.15) is 5.84 Å². The molecule has 0 aliphatic carbocycles. The van der Waals surface area contributed by atoms with E-state index in [1.807, 2.05) is 30.3 Å². The molecular formula is C15H24N2. The van der Waals surface area contributed by atoms with Crippen molar-refractivity contribution in [1.82, 2.24) is 4.90 Å². The lowest BCUT2D eigenvalue weighted by Crippen LogP contribution is -2.39. The molecule has 1 unspecified atom stereocenters. The quantitative estimate of drug-likeness (QED) is 0.584. The Morgan fingerprint density at radius 1 is 1.24 bits per heavy atom. The van der Waals surface area contributed by atoms with Gasteiger partial charge in [-0.2, -0.15) is 0 Å². The van der Waals surface area contributed by atoms with Crippen molar-refractivity contribution < 1.29 is 0 Å². The van der Waals surface area contributed by atoms with E-state index in [1.54, 1.807) is 0 Å². The Kier molecular flexibility index (Phi) is 5.75. The van der Waals surface area contributed by atoms with E-state index >= 15 is 0 Å². The van der Waals surface area contributed by atoms with Gasteiger partial charge in [-0.1, -0.05) is 50.6 Å². The summed E-state index contributed by atoms with van der Waals surface area (Å²) in [5.74, 6) is 0.661. The van der Waals surface area contributed by atoms with Crippen LogP contribution < -0.4 is 0 Å². The van der Waals surface area contributed by atoms with Crippen molar-refractivity contribution >= 4 is 5.84 Å². The van der Waals surface area contributed by atoms with Crippen molar-refractivity contribution in [1.29, 1.82) is 5.41 Å². The third-order valence-corrected chi connectivity index (χ3v) is 3.21. The van der Waals surface area contributed by atoms with Gasteiger partial charge < -0.3 is 4.90 Å². The Balaban J connectivity index is 2.79. The highest BCUT2D eigenvalue weighted by atomic mass is 15.2. The molecule has 2 heteroatoms. The molecule has 0 heterocycles. The van der Waals surface area contributed by atoms with E-state index < -0.39 is 0 Å². The summed E-state index contributed by atoms with van der Waals surface area (Å²) in [6.45, 7) is 7.56. The van der Waals surface area contributed by atoms with Crippen molar-refractivity contribution in [3.8, 4) is 0 Å². The molecule has 17 heavy (non-hydrogen) atoms. The number of nitrogens with one attached hydrogen (secondary N) is 1. The monoisotopic (exact) mass is 232 g/mol. The number of rotatable bonds is 6. The standard InChI is InChI=1S/C15H24N2/c1-4-6-12-17(13(3)5-2)15(16)14-10-8-7-9-11-14/h7-11,13,16H,4-6,12H2,1-3H3. The maximum absolute atomic E-state index is 8.33. The Labute approximate surface area is 105 Å². The first-order valence-electron chi connectivity index (χ1n) is 6.61. The second-order valence-corrected chi connectivity index (χ2v) is 4.52. The number of amidine groups is 1. The summed E-state index contributed by atoms with van der Waals surface area (Å²) in [6, 6.07) is 10.5. The first-order chi connectivity index (χ1) is 8.20. The molecule has 1 aromatic rings. The molecule has 0 spiro atoms. The molecule has 0 fully saturated rings. The Morgan fingerprint density at radius 3 is 2.41 bits per heavy atom. The topological polar surface area (TPSA) is 27.1 Å². The Morgan fingerprint density at radius 2 is 1.88 bits per heavy atom. The number of unbranched alkanes of at least 4 members (excludes halogenated alkanes) is 1. The number of hydrogen-bond acceptors (Lipinski definition) is 1. The highest BCUT2D eigenvalue weighted by Gasteiger charge is 2.16. The van der Waals surface area contributed by atoms with Crippen molar-refractivity contribution in [2.45, 2.75) is 46.1 Å². The second-order valence-electron chi connectivity index (χ2n) is 4.52. The van der Waals surface area contributed by atoms with Crippen LogP contribution in [0.1, 0.15) is 45.6 Å². The normalized spacial score (nSPS) is 12.2. The summed E-state index contributed by atoms with van der Waals surface area (Å²) in [4.78, 5) is 2.22. The summed E-state index contributed by atoms with van der Waals surface area (Å²) < 4.78 is 0. The van der Waals surface area contributed by atoms with Gasteiger partial charge in [-0.3, -0.25) is 5.41 Å². The summed E-state index contributed by atoms with van der Waals surface area (Å²) in [5.41, 5.74) is 1.02. The lowest BCUT2D eigenvalue weighted by atomic mass is 10.1. The molecule has 94 valence electrons. The zero-order chi connectivity index (χ0) is 12.7. The molecule has 2 nitrogen and oxygen atoms in total. The third kappa shape index (κ3) is 3.88. The predicted octanol–water partition coefficient (Wildman–Crippen LogP) is 3.91. The van der Waals surface area contributed by atoms with E-state index in [0.717, 1.165) is 24.9 Å². The number of benzene rings is 1. The van der Waals surface area contributed by atoms with Gasteiger partial charge in [0.05, 0.1) is 0 Å². The van der Waals surface area contributed by atoms with Gasteiger partial charge in [-0.05, 0) is 19.8 Å². The molecule has 0 radical (unpaired) electrons. The van der Waals surface area contributed by atoms with E-state index in [4.69, 9.17) is 5.41 Å². The van der Waals surface area contributed by atoms with E-state index in [1.165, 1.54) is 6.42 Å². The van der Waals surface area contributed by atoms with Crippen molar-refractivity contribution in [3.05, 3.63) is 35.9 Å². The van der Waals surface area contributed by atoms with E-state index in [2.05, 4.69) is 25.7 Å². The van der Waals surface area contributed by atoms with Crippen LogP contribution in [0.2, 0.25) is 0 Å². The molecule has 1 atom stereocenters. The maximum Gasteiger partial charge on any atom is 0.128 e. The molecule has 1 N–H and O–H groups in total. The zero-order valence-electron chi connectivity index (χ0n) is 11.2. The fraction of sp³-hybridized carbons (Fsp3) is 0.533. The zero-order valence-corrected chi connectivity index (χ0v) is 11.2. The van der Waals surface area contributed by atoms with E-state index in [0.29, 0.717) is 11.9 Å². The van der Waals surface area contributed by atoms with Gasteiger partial charge in [-0.25, -0.2) is 0 Å². The smallest absolute Gasteiger partial charge is 0.128 e. The average molecular weight is 232 g/mol. The van der Waals surface area contributed by atoms with E-state index in [-0.39, 0.29) is 0 Å². The van der Waals surface area contributed by atoms with Gasteiger partial charge in [0.2, 0.25) is 0 Å². The van der Waals surface area contributed by atoms with Crippen LogP contribution in [-0.2, 0) is 0 Å². The molecule has 0 saturated heterocycles. The van der Waals surface area contributed by atoms with Crippen LogP contribution in [-0.4, -0.2) is 23.3 Å². The molecule has 0 aromatic heterocycles. The van der Waals surface area contributed by atoms with E-state index in [9.17, 15) is 0 Å². The third-order valence-electron chi connectivity index (χ3n) is 3.21. The molecular weight excluding hydrogens is 208 g/mol. The number of nitrogens with zero attached hydrogens (tertiary/aromatic N) is 1. The van der Waals surface area contributed by atoms with Gasteiger partial charge in [0, 0.05) is 18.2 Å². The van der Waals surface area contributed by atoms with Crippen LogP contribution in [0.25, 0.3) is 0 Å². The molecule has 0 bridgehead atoms. The van der Waals surface area contributed by atoms with Crippen molar-refractivity contribution in [3.63, 3.8) is 0 Å². The number of hydrogen-bond donors (Lipinski definition) is 1. The SMILES string of the molecule is CCCCN(C(=N)c1ccccc1)C(C)CC. The first kappa shape index (κ1) is 13.8. The highest BCUT2D eigenvalue weighted by Crippen LogP contribution is 2.11. The lowest BCUT2D eigenvalue weighted by Gasteiger charge is -2.31. The van der Waals surface area contributed by atoms with Crippen LogP contribution in [0.4, 0.5) is 0 Å². The lowest BCUT2D eigenvalue weighted by molar-refractivity contribution is 0.315. The average Bonchev–Trinajstić information content (AvgIpc) is 2.39. The van der Waals surface area contributed by atoms with Crippen LogP contribution >= 0.6 is 0 Å². The predicted molar refractivity (Wildman–Crippen MR) is 74.6 cm³/mol. The first-order valence-corrected chi connectivity index (χ1v) is 6.61. The molecule has 0 aliphatic heterocycles. The Hall–Kier alpha value is -1.31. The van der Waals surface area contributed by atoms with Gasteiger partial charge >= 0.3 is 0 Å². The van der Waals surface area contributed by atoms with Crippen LogP contribution in [0.15, 0.2) is 30.3 Å². The molecule has 1 aromatic carbocycles. The van der Waals surface area contributed by atoms with Crippen LogP contribution in [0.3, 0.4) is 0 Å². The summed E-state index contributed by atoms with van der Waals surface area (Å²) in [6.07, 6.45) is 3.41. The Bertz CT molecular complexity index is 332. The highest BCUT2D eigenvalue weighted by molar-refractivity contribution is 5.96.